The third-order valence-electron chi connectivity index (χ3n) is 5.06. The molecule has 0 amide bonds. The molecule has 0 aliphatic carbocycles. The Morgan fingerprint density at radius 3 is 2.56 bits per heavy atom. The van der Waals surface area contributed by atoms with Crippen molar-refractivity contribution in [3.05, 3.63) is 66.2 Å². The van der Waals surface area contributed by atoms with Crippen LogP contribution in [0.2, 0.25) is 0 Å². The van der Waals surface area contributed by atoms with Crippen LogP contribution < -0.4 is 18.9 Å². The number of rotatable bonds is 11. The van der Waals surface area contributed by atoms with Gasteiger partial charge in [0.1, 0.15) is 18.1 Å². The van der Waals surface area contributed by atoms with Crippen molar-refractivity contribution >= 4 is 15.7 Å². The van der Waals surface area contributed by atoms with Gasteiger partial charge < -0.3 is 14.2 Å². The van der Waals surface area contributed by atoms with Gasteiger partial charge in [0.25, 0.3) is 0 Å². The van der Waals surface area contributed by atoms with Gasteiger partial charge in [-0.1, -0.05) is 30.3 Å². The summed E-state index contributed by atoms with van der Waals surface area (Å²) >= 11 is 0. The summed E-state index contributed by atoms with van der Waals surface area (Å²) in [6.07, 6.45) is 0.445. The van der Waals surface area contributed by atoms with Gasteiger partial charge in [-0.05, 0) is 30.2 Å². The zero-order valence-corrected chi connectivity index (χ0v) is 19.7. The van der Waals surface area contributed by atoms with Crippen molar-refractivity contribution in [1.29, 1.82) is 0 Å². The number of sulfonamides is 1. The predicted octanol–water partition coefficient (Wildman–Crippen LogP) is 2.35. The Balaban J connectivity index is 1.39. The number of hydrogen-bond acceptors (Lipinski definition) is 8. The van der Waals surface area contributed by atoms with Gasteiger partial charge >= 0.3 is 0 Å². The molecule has 4 aromatic rings. The molecule has 11 heteroatoms. The number of aryl methyl sites for hydroxylation is 1. The fourth-order valence-electron chi connectivity index (χ4n) is 3.32. The third kappa shape index (κ3) is 5.61. The second-order valence-corrected chi connectivity index (χ2v) is 9.26. The summed E-state index contributed by atoms with van der Waals surface area (Å²) in [5, 5.41) is 12.8. The van der Waals surface area contributed by atoms with E-state index in [-0.39, 0.29) is 18.9 Å². The van der Waals surface area contributed by atoms with Crippen molar-refractivity contribution in [2.24, 2.45) is 0 Å². The molecule has 0 saturated carbocycles. The molecule has 0 spiro atoms. The van der Waals surface area contributed by atoms with E-state index in [1.807, 2.05) is 36.4 Å². The van der Waals surface area contributed by atoms with E-state index < -0.39 is 10.0 Å². The Kier molecular flexibility index (Phi) is 7.24. The van der Waals surface area contributed by atoms with E-state index in [0.717, 1.165) is 5.56 Å². The van der Waals surface area contributed by atoms with Gasteiger partial charge in [-0.25, -0.2) is 13.1 Å². The lowest BCUT2D eigenvalue weighted by Crippen LogP contribution is -2.31. The van der Waals surface area contributed by atoms with Crippen molar-refractivity contribution in [1.82, 2.24) is 24.5 Å². The number of benzene rings is 2. The molecule has 0 aliphatic heterocycles. The van der Waals surface area contributed by atoms with Gasteiger partial charge in [0.05, 0.1) is 25.5 Å². The van der Waals surface area contributed by atoms with E-state index >= 15 is 0 Å². The summed E-state index contributed by atoms with van der Waals surface area (Å²) in [6.45, 7) is 0.241. The predicted molar refractivity (Wildman–Crippen MR) is 127 cm³/mol. The zero-order chi connectivity index (χ0) is 24.0. The van der Waals surface area contributed by atoms with Crippen LogP contribution in [0.1, 0.15) is 5.56 Å². The van der Waals surface area contributed by atoms with E-state index in [1.165, 1.54) is 0 Å². The number of aromatic nitrogens is 4. The van der Waals surface area contributed by atoms with E-state index in [9.17, 15) is 8.42 Å². The van der Waals surface area contributed by atoms with Gasteiger partial charge in [-0.3, -0.25) is 0 Å². The first kappa shape index (κ1) is 23.5. The maximum absolute atomic E-state index is 12.2. The van der Waals surface area contributed by atoms with Crippen LogP contribution in [0, 0.1) is 0 Å². The Labute approximate surface area is 197 Å². The number of fused-ring (bicyclic) bond motifs is 1. The summed E-state index contributed by atoms with van der Waals surface area (Å²) in [5.74, 6) is 2.00. The maximum Gasteiger partial charge on any atom is 0.231 e. The first-order chi connectivity index (χ1) is 16.5. The van der Waals surface area contributed by atoms with Crippen LogP contribution in [0.5, 0.6) is 17.4 Å². The van der Waals surface area contributed by atoms with E-state index in [1.54, 1.807) is 43.0 Å². The molecule has 2 heterocycles. The van der Waals surface area contributed by atoms with Crippen LogP contribution in [-0.2, 0) is 16.4 Å². The summed E-state index contributed by atoms with van der Waals surface area (Å²) in [5.41, 5.74) is 2.19. The van der Waals surface area contributed by atoms with Crippen molar-refractivity contribution < 1.29 is 22.6 Å². The number of nitrogens with zero attached hydrogens (tertiary/aromatic N) is 4. The minimum Gasteiger partial charge on any atom is -0.497 e. The average molecular weight is 484 g/mol. The fraction of sp³-hybridized carbons (Fsp3) is 0.261. The van der Waals surface area contributed by atoms with Crippen LogP contribution in [0.3, 0.4) is 0 Å². The third-order valence-corrected chi connectivity index (χ3v) is 6.45. The lowest BCUT2D eigenvalue weighted by Gasteiger charge is -2.10. The summed E-state index contributed by atoms with van der Waals surface area (Å²) in [4.78, 5) is 0. The Morgan fingerprint density at radius 1 is 0.971 bits per heavy atom. The molecular formula is C23H25N5O5S. The quantitative estimate of drug-likeness (QED) is 0.323. The molecule has 10 nitrogen and oxygen atoms in total. The monoisotopic (exact) mass is 483 g/mol. The highest BCUT2D eigenvalue weighted by Crippen LogP contribution is 2.32. The van der Waals surface area contributed by atoms with Crippen LogP contribution in [0.4, 0.5) is 0 Å². The smallest absolute Gasteiger partial charge is 0.231 e. The van der Waals surface area contributed by atoms with Gasteiger partial charge in [0, 0.05) is 18.7 Å². The number of nitrogens with one attached hydrogen (secondary N) is 1. The van der Waals surface area contributed by atoms with E-state index in [2.05, 4.69) is 20.0 Å². The second kappa shape index (κ2) is 10.5. The fourth-order valence-corrected chi connectivity index (χ4v) is 4.37. The summed E-state index contributed by atoms with van der Waals surface area (Å²) in [7, 11) is -0.277. The molecule has 0 atom stereocenters. The van der Waals surface area contributed by atoms with Crippen molar-refractivity contribution in [3.8, 4) is 28.8 Å². The maximum atomic E-state index is 12.2. The van der Waals surface area contributed by atoms with Crippen LogP contribution >= 0.6 is 0 Å². The summed E-state index contributed by atoms with van der Waals surface area (Å²) < 4.78 is 44.9. The van der Waals surface area contributed by atoms with Crippen LogP contribution in [-0.4, -0.2) is 61.4 Å². The minimum absolute atomic E-state index is 0.00891. The van der Waals surface area contributed by atoms with E-state index in [0.29, 0.717) is 40.8 Å². The van der Waals surface area contributed by atoms with Gasteiger partial charge in [-0.15, -0.1) is 15.3 Å². The number of hydrogen-bond donors (Lipinski definition) is 1. The topological polar surface area (TPSA) is 117 Å². The molecular weight excluding hydrogens is 458 g/mol. The standard InChI is InChI=1S/C23H25N5O5S/c1-31-18-8-9-19(20(16-18)32-2)23-26-25-21-10-11-22(27-28(21)23)33-14-13-24-34(29,30)15-12-17-6-4-3-5-7-17/h3-11,16,24H,12-15H2,1-2H3. The number of methoxy groups -OCH3 is 2. The molecule has 0 aliphatic rings. The van der Waals surface area contributed by atoms with E-state index in [4.69, 9.17) is 14.2 Å². The molecule has 178 valence electrons. The second-order valence-electron chi connectivity index (χ2n) is 7.33. The number of ether oxygens (including phenoxy) is 3. The highest BCUT2D eigenvalue weighted by molar-refractivity contribution is 7.89. The van der Waals surface area contributed by atoms with Crippen molar-refractivity contribution in [3.63, 3.8) is 0 Å². The first-order valence-electron chi connectivity index (χ1n) is 10.6. The molecule has 0 bridgehead atoms. The molecule has 0 unspecified atom stereocenters. The lowest BCUT2D eigenvalue weighted by molar-refractivity contribution is 0.306. The van der Waals surface area contributed by atoms with Crippen molar-refractivity contribution in [2.75, 3.05) is 33.1 Å². The van der Waals surface area contributed by atoms with Gasteiger partial charge in [0.15, 0.2) is 11.5 Å². The SMILES string of the molecule is COc1ccc(-c2nnc3ccc(OCCNS(=O)(=O)CCc4ccccc4)nn23)c(OC)c1. The lowest BCUT2D eigenvalue weighted by atomic mass is 10.2. The first-order valence-corrected chi connectivity index (χ1v) is 12.2. The molecule has 34 heavy (non-hydrogen) atoms. The van der Waals surface area contributed by atoms with Crippen LogP contribution in [0.25, 0.3) is 17.0 Å². The van der Waals surface area contributed by atoms with Crippen molar-refractivity contribution in [2.45, 2.75) is 6.42 Å². The Morgan fingerprint density at radius 2 is 1.79 bits per heavy atom. The molecule has 4 rings (SSSR count). The average Bonchev–Trinajstić information content (AvgIpc) is 3.29. The Bertz CT molecular complexity index is 1360. The largest absolute Gasteiger partial charge is 0.497 e. The molecule has 0 radical (unpaired) electrons. The highest BCUT2D eigenvalue weighted by Gasteiger charge is 2.16. The highest BCUT2D eigenvalue weighted by atomic mass is 32.2. The van der Waals surface area contributed by atoms with Gasteiger partial charge in [-0.2, -0.15) is 4.52 Å². The Hall–Kier alpha value is -3.70. The molecule has 2 aromatic carbocycles. The molecule has 2 aromatic heterocycles. The molecule has 0 fully saturated rings. The minimum atomic E-state index is -3.42. The molecule has 0 saturated heterocycles. The van der Waals surface area contributed by atoms with Gasteiger partial charge in [0.2, 0.25) is 15.9 Å². The normalized spacial score (nSPS) is 11.5. The van der Waals surface area contributed by atoms with Crippen LogP contribution in [0.15, 0.2) is 60.7 Å². The molecule has 1 N–H and O–H groups in total. The summed E-state index contributed by atoms with van der Waals surface area (Å²) in [6, 6.07) is 18.2. The zero-order valence-electron chi connectivity index (χ0n) is 18.8.